The number of hydrogen-bond acceptors (Lipinski definition) is 2. The Hall–Kier alpha value is -0.830. The number of thiophene rings is 1. The van der Waals surface area contributed by atoms with Crippen molar-refractivity contribution in [3.8, 4) is 0 Å². The molecule has 1 N–H and O–H groups in total. The lowest BCUT2D eigenvalue weighted by Gasteiger charge is -2.15. The summed E-state index contributed by atoms with van der Waals surface area (Å²) in [5.74, 6) is -0.717. The number of hydrogen-bond donors (Lipinski definition) is 1. The van der Waals surface area contributed by atoms with Gasteiger partial charge in [-0.3, -0.25) is 4.79 Å². The van der Waals surface area contributed by atoms with Crippen LogP contribution in [-0.2, 0) is 23.1 Å². The van der Waals surface area contributed by atoms with Gasteiger partial charge in [-0.05, 0) is 29.9 Å². The molecule has 2 nitrogen and oxygen atoms in total. The van der Waals surface area contributed by atoms with Gasteiger partial charge in [-0.25, -0.2) is 0 Å². The summed E-state index contributed by atoms with van der Waals surface area (Å²) < 4.78 is 0. The van der Waals surface area contributed by atoms with Crippen molar-refractivity contribution in [2.45, 2.75) is 52.4 Å². The van der Waals surface area contributed by atoms with Gasteiger partial charge in [0.1, 0.15) is 0 Å². The van der Waals surface area contributed by atoms with E-state index in [0.29, 0.717) is 6.42 Å². The van der Waals surface area contributed by atoms with Gasteiger partial charge < -0.3 is 5.11 Å². The fourth-order valence-corrected chi connectivity index (χ4v) is 2.80. The molecule has 1 aromatic heterocycles. The molecule has 1 aromatic rings. The Morgan fingerprint density at radius 1 is 1.44 bits per heavy atom. The summed E-state index contributed by atoms with van der Waals surface area (Å²) in [5.41, 5.74) is 1.38. The SMILES string of the molecule is CCc1sc(C(C)(C)C)cc1CCC(=O)O. The van der Waals surface area contributed by atoms with Gasteiger partial charge in [0, 0.05) is 16.2 Å². The van der Waals surface area contributed by atoms with Crippen molar-refractivity contribution in [2.75, 3.05) is 0 Å². The molecule has 1 heterocycles. The molecule has 0 saturated heterocycles. The van der Waals surface area contributed by atoms with E-state index in [2.05, 4.69) is 33.8 Å². The van der Waals surface area contributed by atoms with Crippen LogP contribution in [0.5, 0.6) is 0 Å². The van der Waals surface area contributed by atoms with E-state index < -0.39 is 5.97 Å². The molecule has 0 saturated carbocycles. The van der Waals surface area contributed by atoms with E-state index in [1.54, 1.807) is 0 Å². The molecule has 3 heteroatoms. The molecule has 0 amide bonds. The number of aryl methyl sites for hydroxylation is 2. The van der Waals surface area contributed by atoms with Gasteiger partial charge in [0.25, 0.3) is 0 Å². The third kappa shape index (κ3) is 3.34. The molecule has 0 spiro atoms. The smallest absolute Gasteiger partial charge is 0.303 e. The molecule has 0 unspecified atom stereocenters. The second kappa shape index (κ2) is 5.00. The summed E-state index contributed by atoms with van der Waals surface area (Å²) in [6.45, 7) is 8.71. The van der Waals surface area contributed by atoms with Crippen LogP contribution < -0.4 is 0 Å². The largest absolute Gasteiger partial charge is 0.481 e. The highest BCUT2D eigenvalue weighted by Crippen LogP contribution is 2.33. The Labute approximate surface area is 101 Å². The van der Waals surface area contributed by atoms with E-state index in [0.717, 1.165) is 6.42 Å². The zero-order chi connectivity index (χ0) is 12.3. The zero-order valence-corrected chi connectivity index (χ0v) is 11.3. The molecular formula is C13H20O2S. The van der Waals surface area contributed by atoms with Gasteiger partial charge in [0.15, 0.2) is 0 Å². The molecule has 0 aromatic carbocycles. The number of rotatable bonds is 4. The second-order valence-electron chi connectivity index (χ2n) is 5.06. The number of carboxylic acid groups (broad SMARTS) is 1. The van der Waals surface area contributed by atoms with Crippen LogP contribution in [0.4, 0.5) is 0 Å². The first kappa shape index (κ1) is 13.2. The maximum atomic E-state index is 10.6. The van der Waals surface area contributed by atoms with Crippen LogP contribution in [0, 0.1) is 0 Å². The predicted octanol–water partition coefficient (Wildman–Crippen LogP) is 3.63. The molecule has 0 aliphatic carbocycles. The number of carboxylic acids is 1. The molecule has 16 heavy (non-hydrogen) atoms. The van der Waals surface area contributed by atoms with Crippen LogP contribution in [0.3, 0.4) is 0 Å². The highest BCUT2D eigenvalue weighted by molar-refractivity contribution is 7.12. The normalized spacial score (nSPS) is 11.8. The summed E-state index contributed by atoms with van der Waals surface area (Å²) >= 11 is 1.83. The Morgan fingerprint density at radius 3 is 2.50 bits per heavy atom. The molecule has 0 radical (unpaired) electrons. The van der Waals surface area contributed by atoms with Crippen molar-refractivity contribution in [1.29, 1.82) is 0 Å². The Balaban J connectivity index is 2.91. The van der Waals surface area contributed by atoms with E-state index in [1.165, 1.54) is 15.3 Å². The van der Waals surface area contributed by atoms with E-state index in [1.807, 2.05) is 11.3 Å². The van der Waals surface area contributed by atoms with Crippen molar-refractivity contribution >= 4 is 17.3 Å². The molecule has 0 fully saturated rings. The summed E-state index contributed by atoms with van der Waals surface area (Å²) in [6.07, 6.45) is 1.88. The van der Waals surface area contributed by atoms with E-state index >= 15 is 0 Å². The molecule has 0 atom stereocenters. The van der Waals surface area contributed by atoms with Crippen molar-refractivity contribution in [1.82, 2.24) is 0 Å². The minimum atomic E-state index is -0.717. The lowest BCUT2D eigenvalue weighted by atomic mass is 9.93. The average Bonchev–Trinajstić information content (AvgIpc) is 2.56. The number of carbonyl (C=O) groups is 1. The molecule has 90 valence electrons. The Bertz CT molecular complexity index is 372. The summed E-state index contributed by atoms with van der Waals surface area (Å²) in [7, 11) is 0. The first-order chi connectivity index (χ1) is 7.34. The van der Waals surface area contributed by atoms with Crippen LogP contribution in [0.25, 0.3) is 0 Å². The topological polar surface area (TPSA) is 37.3 Å². The fourth-order valence-electron chi connectivity index (χ4n) is 1.59. The van der Waals surface area contributed by atoms with Gasteiger partial charge in [-0.15, -0.1) is 11.3 Å². The first-order valence-corrected chi connectivity index (χ1v) is 6.50. The highest BCUT2D eigenvalue weighted by atomic mass is 32.1. The first-order valence-electron chi connectivity index (χ1n) is 5.68. The van der Waals surface area contributed by atoms with Crippen molar-refractivity contribution in [3.63, 3.8) is 0 Å². The standard InChI is InChI=1S/C13H20O2S/c1-5-10-9(6-7-12(14)15)8-11(16-10)13(2,3)4/h8H,5-7H2,1-4H3,(H,14,15). The monoisotopic (exact) mass is 240 g/mol. The number of aliphatic carboxylic acids is 1. The lowest BCUT2D eigenvalue weighted by Crippen LogP contribution is -2.08. The molecule has 1 rings (SSSR count). The third-order valence-corrected chi connectivity index (χ3v) is 4.31. The zero-order valence-electron chi connectivity index (χ0n) is 10.5. The van der Waals surface area contributed by atoms with Gasteiger partial charge in [-0.1, -0.05) is 27.7 Å². The minimum Gasteiger partial charge on any atom is -0.481 e. The van der Waals surface area contributed by atoms with Crippen LogP contribution in [-0.4, -0.2) is 11.1 Å². The quantitative estimate of drug-likeness (QED) is 0.872. The summed E-state index contributed by atoms with van der Waals surface area (Å²) in [5, 5.41) is 8.71. The Kier molecular flexibility index (Phi) is 4.14. The second-order valence-corrected chi connectivity index (χ2v) is 6.19. The van der Waals surface area contributed by atoms with Crippen LogP contribution >= 0.6 is 11.3 Å². The van der Waals surface area contributed by atoms with Gasteiger partial charge in [-0.2, -0.15) is 0 Å². The predicted molar refractivity (Wildman–Crippen MR) is 68.4 cm³/mol. The van der Waals surface area contributed by atoms with Gasteiger partial charge >= 0.3 is 5.97 Å². The van der Waals surface area contributed by atoms with Crippen molar-refractivity contribution in [2.24, 2.45) is 0 Å². The molecule has 0 aliphatic rings. The maximum absolute atomic E-state index is 10.6. The van der Waals surface area contributed by atoms with Crippen molar-refractivity contribution < 1.29 is 9.90 Å². The Morgan fingerprint density at radius 2 is 2.06 bits per heavy atom. The van der Waals surface area contributed by atoms with E-state index in [-0.39, 0.29) is 11.8 Å². The van der Waals surface area contributed by atoms with Crippen LogP contribution in [0.15, 0.2) is 6.07 Å². The lowest BCUT2D eigenvalue weighted by molar-refractivity contribution is -0.136. The van der Waals surface area contributed by atoms with Crippen molar-refractivity contribution in [3.05, 3.63) is 21.4 Å². The third-order valence-electron chi connectivity index (χ3n) is 2.57. The molecule has 0 aliphatic heterocycles. The van der Waals surface area contributed by atoms with E-state index in [4.69, 9.17) is 5.11 Å². The fraction of sp³-hybridized carbons (Fsp3) is 0.615. The van der Waals surface area contributed by atoms with E-state index in [9.17, 15) is 4.79 Å². The molecular weight excluding hydrogens is 220 g/mol. The highest BCUT2D eigenvalue weighted by Gasteiger charge is 2.19. The van der Waals surface area contributed by atoms with Gasteiger partial charge in [0.2, 0.25) is 0 Å². The maximum Gasteiger partial charge on any atom is 0.303 e. The van der Waals surface area contributed by atoms with Crippen LogP contribution in [0.2, 0.25) is 0 Å². The average molecular weight is 240 g/mol. The summed E-state index contributed by atoms with van der Waals surface area (Å²) in [4.78, 5) is 13.3. The van der Waals surface area contributed by atoms with Crippen LogP contribution in [0.1, 0.15) is 49.4 Å². The summed E-state index contributed by atoms with van der Waals surface area (Å²) in [6, 6.07) is 2.19. The minimum absolute atomic E-state index is 0.163. The van der Waals surface area contributed by atoms with Gasteiger partial charge in [0.05, 0.1) is 0 Å². The molecule has 0 bridgehead atoms.